The van der Waals surface area contributed by atoms with Crippen LogP contribution >= 0.6 is 0 Å². The predicted octanol–water partition coefficient (Wildman–Crippen LogP) is 4.39. The summed E-state index contributed by atoms with van der Waals surface area (Å²) in [4.78, 5) is 14.1. The smallest absolute Gasteiger partial charge is 0.410 e. The summed E-state index contributed by atoms with van der Waals surface area (Å²) in [5.74, 6) is -2.96. The van der Waals surface area contributed by atoms with Crippen LogP contribution < -0.4 is 0 Å². The number of hydrogen-bond donors (Lipinski definition) is 0. The number of benzene rings is 2. The first kappa shape index (κ1) is 25.0. The minimum Gasteiger partial charge on any atom is -0.441 e. The van der Waals surface area contributed by atoms with E-state index in [1.165, 1.54) is 27.4 Å². The first-order valence-corrected chi connectivity index (χ1v) is 13.4. The molecule has 3 fully saturated rings. The standard InChI is InChI=1S/C25H27F3N2O5S/c26-18-4-1-3-17(15-18)22-5-2-6-23(25(9-10-25)35-24(31)29-11-13-34-14-12-29)30(22)36(32,33)19-7-8-20(27)21(28)16-19/h1,3-4,7-8,15-16,22-23H,2,5-6,9-14H2/t22-,23+/m0/s1. The van der Waals surface area contributed by atoms with Crippen LogP contribution in [0.5, 0.6) is 0 Å². The average molecular weight is 525 g/mol. The summed E-state index contributed by atoms with van der Waals surface area (Å²) in [7, 11) is -4.39. The predicted molar refractivity (Wildman–Crippen MR) is 123 cm³/mol. The van der Waals surface area contributed by atoms with Crippen molar-refractivity contribution in [1.29, 1.82) is 0 Å². The molecular formula is C25H27F3N2O5S. The number of nitrogens with zero attached hydrogens (tertiary/aromatic N) is 2. The van der Waals surface area contributed by atoms with Gasteiger partial charge in [0.15, 0.2) is 11.6 Å². The lowest BCUT2D eigenvalue weighted by Gasteiger charge is -2.44. The van der Waals surface area contributed by atoms with Gasteiger partial charge in [-0.3, -0.25) is 0 Å². The van der Waals surface area contributed by atoms with Crippen LogP contribution in [0.1, 0.15) is 43.7 Å². The fourth-order valence-corrected chi connectivity index (χ4v) is 7.13. The number of morpholine rings is 1. The first-order valence-electron chi connectivity index (χ1n) is 12.0. The lowest BCUT2D eigenvalue weighted by atomic mass is 9.90. The second-order valence-electron chi connectivity index (χ2n) is 9.46. The molecule has 2 aliphatic heterocycles. The minimum atomic E-state index is -4.39. The zero-order chi connectivity index (χ0) is 25.5. The molecule has 0 spiro atoms. The van der Waals surface area contributed by atoms with Crippen LogP contribution in [0.25, 0.3) is 0 Å². The van der Waals surface area contributed by atoms with E-state index >= 15 is 0 Å². The number of amides is 1. The highest BCUT2D eigenvalue weighted by atomic mass is 32.2. The number of rotatable bonds is 5. The van der Waals surface area contributed by atoms with Gasteiger partial charge in [-0.1, -0.05) is 12.1 Å². The van der Waals surface area contributed by atoms with E-state index in [0.717, 1.165) is 12.1 Å². The van der Waals surface area contributed by atoms with Crippen molar-refractivity contribution in [2.24, 2.45) is 0 Å². The Labute approximate surface area is 207 Å². The second kappa shape index (κ2) is 9.68. The topological polar surface area (TPSA) is 76.2 Å². The Bertz CT molecular complexity index is 1250. The molecule has 2 heterocycles. The summed E-state index contributed by atoms with van der Waals surface area (Å²) >= 11 is 0. The van der Waals surface area contributed by atoms with E-state index < -0.39 is 56.1 Å². The summed E-state index contributed by atoms with van der Waals surface area (Å²) in [6.07, 6.45) is 1.82. The van der Waals surface area contributed by atoms with Gasteiger partial charge in [-0.05, 0) is 68.0 Å². The lowest BCUT2D eigenvalue weighted by molar-refractivity contribution is -0.0253. The van der Waals surface area contributed by atoms with E-state index in [0.29, 0.717) is 70.0 Å². The van der Waals surface area contributed by atoms with Gasteiger partial charge in [-0.15, -0.1) is 0 Å². The average Bonchev–Trinajstić information content (AvgIpc) is 3.66. The van der Waals surface area contributed by atoms with Crippen LogP contribution in [0.3, 0.4) is 0 Å². The van der Waals surface area contributed by atoms with E-state index in [1.54, 1.807) is 6.07 Å². The third-order valence-electron chi connectivity index (χ3n) is 7.18. The fraction of sp³-hybridized carbons (Fsp3) is 0.480. The number of carbonyl (C=O) groups excluding carboxylic acids is 1. The van der Waals surface area contributed by atoms with E-state index in [4.69, 9.17) is 9.47 Å². The van der Waals surface area contributed by atoms with E-state index in [9.17, 15) is 26.4 Å². The number of piperidine rings is 1. The Morgan fingerprint density at radius 1 is 1.00 bits per heavy atom. The maximum absolute atomic E-state index is 14.1. The highest BCUT2D eigenvalue weighted by Gasteiger charge is 2.60. The normalized spacial score (nSPS) is 24.4. The highest BCUT2D eigenvalue weighted by Crippen LogP contribution is 2.52. The Kier molecular flexibility index (Phi) is 6.73. The SMILES string of the molecule is O=C(OC1([C@H]2CCC[C@@H](c3cccc(F)c3)N2S(=O)(=O)c2ccc(F)c(F)c2)CC1)N1CCOCC1. The summed E-state index contributed by atoms with van der Waals surface area (Å²) in [6.45, 7) is 1.54. The van der Waals surface area contributed by atoms with Gasteiger partial charge >= 0.3 is 6.09 Å². The molecule has 2 atom stereocenters. The van der Waals surface area contributed by atoms with Gasteiger partial charge in [0.05, 0.1) is 30.2 Å². The molecule has 3 aliphatic rings. The monoisotopic (exact) mass is 524 g/mol. The molecular weight excluding hydrogens is 497 g/mol. The molecule has 11 heteroatoms. The molecule has 2 aromatic rings. The van der Waals surface area contributed by atoms with E-state index in [1.807, 2.05) is 0 Å². The fourth-order valence-electron chi connectivity index (χ4n) is 5.20. The summed E-state index contributed by atoms with van der Waals surface area (Å²) < 4.78 is 82.3. The van der Waals surface area contributed by atoms with Crippen molar-refractivity contribution in [3.63, 3.8) is 0 Å². The van der Waals surface area contributed by atoms with Crippen LogP contribution in [0.2, 0.25) is 0 Å². The van der Waals surface area contributed by atoms with Crippen molar-refractivity contribution in [2.75, 3.05) is 26.3 Å². The second-order valence-corrected chi connectivity index (χ2v) is 11.3. The third-order valence-corrected chi connectivity index (χ3v) is 9.09. The molecule has 0 aromatic heterocycles. The summed E-state index contributed by atoms with van der Waals surface area (Å²) in [5, 5.41) is 0. The first-order chi connectivity index (χ1) is 17.2. The molecule has 0 unspecified atom stereocenters. The Balaban J connectivity index is 1.54. The Hall–Kier alpha value is -2.63. The van der Waals surface area contributed by atoms with E-state index in [2.05, 4.69) is 0 Å². The van der Waals surface area contributed by atoms with Gasteiger partial charge < -0.3 is 14.4 Å². The van der Waals surface area contributed by atoms with Crippen molar-refractivity contribution < 1.29 is 35.9 Å². The van der Waals surface area contributed by atoms with Gasteiger partial charge in [0.25, 0.3) is 0 Å². The minimum absolute atomic E-state index is 0.377. The number of hydrogen-bond acceptors (Lipinski definition) is 5. The molecule has 7 nitrogen and oxygen atoms in total. The number of halogens is 3. The molecule has 1 aliphatic carbocycles. The van der Waals surface area contributed by atoms with Crippen LogP contribution in [0.4, 0.5) is 18.0 Å². The van der Waals surface area contributed by atoms with Crippen molar-refractivity contribution in [3.05, 3.63) is 65.5 Å². The van der Waals surface area contributed by atoms with E-state index in [-0.39, 0.29) is 0 Å². The molecule has 2 saturated heterocycles. The van der Waals surface area contributed by atoms with Gasteiger partial charge in [0.1, 0.15) is 11.4 Å². The number of ether oxygens (including phenoxy) is 2. The van der Waals surface area contributed by atoms with Crippen LogP contribution in [0, 0.1) is 17.5 Å². The van der Waals surface area contributed by atoms with Crippen molar-refractivity contribution >= 4 is 16.1 Å². The maximum Gasteiger partial charge on any atom is 0.410 e. The zero-order valence-corrected chi connectivity index (χ0v) is 20.4. The van der Waals surface area contributed by atoms with Gasteiger partial charge in [0, 0.05) is 13.1 Å². The van der Waals surface area contributed by atoms with Crippen molar-refractivity contribution in [1.82, 2.24) is 9.21 Å². The Morgan fingerprint density at radius 3 is 2.42 bits per heavy atom. The van der Waals surface area contributed by atoms with Crippen LogP contribution in [-0.4, -0.2) is 61.7 Å². The molecule has 36 heavy (non-hydrogen) atoms. The van der Waals surface area contributed by atoms with Gasteiger partial charge in [-0.2, -0.15) is 4.31 Å². The molecule has 194 valence electrons. The Morgan fingerprint density at radius 2 is 1.75 bits per heavy atom. The number of sulfonamides is 1. The van der Waals surface area contributed by atoms with Gasteiger partial charge in [-0.25, -0.2) is 26.4 Å². The van der Waals surface area contributed by atoms with Crippen molar-refractivity contribution in [2.45, 2.75) is 54.7 Å². The van der Waals surface area contributed by atoms with Crippen LogP contribution in [-0.2, 0) is 19.5 Å². The lowest BCUT2D eigenvalue weighted by Crippen LogP contribution is -2.54. The maximum atomic E-state index is 14.1. The molecule has 2 aromatic carbocycles. The number of carbonyl (C=O) groups is 1. The summed E-state index contributed by atoms with van der Waals surface area (Å²) in [6, 6.07) is 6.61. The van der Waals surface area contributed by atoms with Crippen molar-refractivity contribution in [3.8, 4) is 0 Å². The van der Waals surface area contributed by atoms with Crippen LogP contribution in [0.15, 0.2) is 47.4 Å². The third kappa shape index (κ3) is 4.71. The molecule has 0 radical (unpaired) electrons. The molecule has 5 rings (SSSR count). The molecule has 1 saturated carbocycles. The molecule has 0 N–H and O–H groups in total. The van der Waals surface area contributed by atoms with Gasteiger partial charge in [0.2, 0.25) is 10.0 Å². The quantitative estimate of drug-likeness (QED) is 0.580. The molecule has 0 bridgehead atoms. The highest BCUT2D eigenvalue weighted by molar-refractivity contribution is 7.89. The zero-order valence-electron chi connectivity index (χ0n) is 19.5. The molecule has 1 amide bonds. The summed E-state index contributed by atoms with van der Waals surface area (Å²) in [5.41, 5.74) is -0.603. The largest absolute Gasteiger partial charge is 0.441 e.